The lowest BCUT2D eigenvalue weighted by molar-refractivity contribution is 0.266. The molecular weight excluding hydrogens is 286 g/mol. The van der Waals surface area contributed by atoms with Gasteiger partial charge >= 0.3 is 0 Å². The number of benzene rings is 1. The van der Waals surface area contributed by atoms with Gasteiger partial charge in [0, 0.05) is 6.54 Å². The minimum absolute atomic E-state index is 0.408. The zero-order valence-corrected chi connectivity index (χ0v) is 14.4. The molecule has 0 unspecified atom stereocenters. The highest BCUT2D eigenvalue weighted by Gasteiger charge is 2.04. The largest absolute Gasteiger partial charge is 0.368 e. The third-order valence-corrected chi connectivity index (χ3v) is 3.63. The Bertz CT molecular complexity index is 621. The molecule has 0 aliphatic rings. The van der Waals surface area contributed by atoms with Gasteiger partial charge in [0.1, 0.15) is 0 Å². The van der Waals surface area contributed by atoms with E-state index in [0.717, 1.165) is 30.9 Å². The van der Waals surface area contributed by atoms with E-state index in [1.165, 1.54) is 18.4 Å². The van der Waals surface area contributed by atoms with Crippen molar-refractivity contribution in [2.45, 2.75) is 40.2 Å². The number of aryl methyl sites for hydroxylation is 1. The van der Waals surface area contributed by atoms with Gasteiger partial charge in [-0.3, -0.25) is 4.90 Å². The number of hydrogen-bond acceptors (Lipinski definition) is 4. The zero-order valence-electron chi connectivity index (χ0n) is 14.4. The van der Waals surface area contributed by atoms with Gasteiger partial charge < -0.3 is 5.73 Å². The second kappa shape index (κ2) is 8.48. The lowest BCUT2D eigenvalue weighted by Crippen LogP contribution is -2.24. The number of anilines is 1. The number of nitrogens with two attached hydrogens (primary N) is 1. The molecule has 1 aromatic carbocycles. The average Bonchev–Trinajstić information content (AvgIpc) is 2.85. The first kappa shape index (κ1) is 17.2. The first-order valence-corrected chi connectivity index (χ1v) is 8.29. The molecule has 0 bridgehead atoms. The number of rotatable bonds is 8. The molecule has 0 atom stereocenters. The van der Waals surface area contributed by atoms with Crippen LogP contribution < -0.4 is 5.73 Å². The molecule has 0 aliphatic carbocycles. The third kappa shape index (κ3) is 5.21. The Balaban J connectivity index is 2.00. The Labute approximate surface area is 138 Å². The normalized spacial score (nSPS) is 11.7. The maximum atomic E-state index is 5.77. The van der Waals surface area contributed by atoms with Crippen LogP contribution in [0, 0.1) is 6.92 Å². The maximum absolute atomic E-state index is 5.77. The predicted octanol–water partition coefficient (Wildman–Crippen LogP) is 3.28. The standard InChI is InChI=1S/C18H27N5/c1-4-10-22(11-5-2)14-17-8-6-16(7-9-17)12-20-23-13-15(3)21-18(23)19/h6-9,12-13H,4-5,10-11,14H2,1-3H3,(H2,19,21). The van der Waals surface area contributed by atoms with Crippen molar-refractivity contribution < 1.29 is 0 Å². The van der Waals surface area contributed by atoms with Crippen LogP contribution in [0.5, 0.6) is 0 Å². The molecule has 0 fully saturated rings. The van der Waals surface area contributed by atoms with Gasteiger partial charge in [0.05, 0.1) is 18.1 Å². The van der Waals surface area contributed by atoms with Crippen molar-refractivity contribution in [3.05, 3.63) is 47.3 Å². The molecule has 2 rings (SSSR count). The number of nitrogens with zero attached hydrogens (tertiary/aromatic N) is 4. The van der Waals surface area contributed by atoms with E-state index in [1.54, 1.807) is 10.9 Å². The van der Waals surface area contributed by atoms with Crippen molar-refractivity contribution in [3.63, 3.8) is 0 Å². The molecule has 2 N–H and O–H groups in total. The van der Waals surface area contributed by atoms with Crippen molar-refractivity contribution >= 4 is 12.2 Å². The van der Waals surface area contributed by atoms with Gasteiger partial charge in [0.15, 0.2) is 0 Å². The van der Waals surface area contributed by atoms with E-state index in [9.17, 15) is 0 Å². The van der Waals surface area contributed by atoms with E-state index < -0.39 is 0 Å². The average molecular weight is 313 g/mol. The summed E-state index contributed by atoms with van der Waals surface area (Å²) in [6.45, 7) is 9.66. The van der Waals surface area contributed by atoms with Gasteiger partial charge in [-0.15, -0.1) is 0 Å². The minimum Gasteiger partial charge on any atom is -0.368 e. The summed E-state index contributed by atoms with van der Waals surface area (Å²) in [4.78, 5) is 6.62. The van der Waals surface area contributed by atoms with E-state index >= 15 is 0 Å². The van der Waals surface area contributed by atoms with Crippen molar-refractivity contribution in [1.29, 1.82) is 0 Å². The van der Waals surface area contributed by atoms with Gasteiger partial charge in [0.25, 0.3) is 0 Å². The minimum atomic E-state index is 0.408. The lowest BCUT2D eigenvalue weighted by Gasteiger charge is -2.20. The van der Waals surface area contributed by atoms with Crippen LogP contribution in [0.1, 0.15) is 43.5 Å². The number of imidazole rings is 1. The van der Waals surface area contributed by atoms with Crippen molar-refractivity contribution in [3.8, 4) is 0 Å². The molecule has 124 valence electrons. The Morgan fingerprint density at radius 2 is 1.83 bits per heavy atom. The molecule has 23 heavy (non-hydrogen) atoms. The summed E-state index contributed by atoms with van der Waals surface area (Å²) in [5.41, 5.74) is 9.02. The number of nitrogen functional groups attached to an aromatic ring is 1. The fraction of sp³-hybridized carbons (Fsp3) is 0.444. The summed E-state index contributed by atoms with van der Waals surface area (Å²) in [7, 11) is 0. The van der Waals surface area contributed by atoms with Crippen LogP contribution in [0.25, 0.3) is 0 Å². The molecule has 2 aromatic rings. The molecule has 1 aromatic heterocycles. The smallest absolute Gasteiger partial charge is 0.221 e. The lowest BCUT2D eigenvalue weighted by atomic mass is 10.1. The van der Waals surface area contributed by atoms with Crippen LogP contribution in [0.4, 0.5) is 5.95 Å². The first-order valence-electron chi connectivity index (χ1n) is 8.29. The highest BCUT2D eigenvalue weighted by Crippen LogP contribution is 2.09. The third-order valence-electron chi connectivity index (χ3n) is 3.63. The molecule has 0 saturated heterocycles. The molecule has 0 aliphatic heterocycles. The van der Waals surface area contributed by atoms with Crippen LogP contribution in [-0.2, 0) is 6.54 Å². The molecule has 0 spiro atoms. The highest BCUT2D eigenvalue weighted by atomic mass is 15.4. The highest BCUT2D eigenvalue weighted by molar-refractivity contribution is 5.79. The van der Waals surface area contributed by atoms with Crippen molar-refractivity contribution in [1.82, 2.24) is 14.6 Å². The fourth-order valence-corrected chi connectivity index (χ4v) is 2.59. The van der Waals surface area contributed by atoms with E-state index in [0.29, 0.717) is 5.95 Å². The summed E-state index contributed by atoms with van der Waals surface area (Å²) in [5.74, 6) is 0.408. The molecule has 0 saturated carbocycles. The van der Waals surface area contributed by atoms with E-state index in [1.807, 2.05) is 13.1 Å². The maximum Gasteiger partial charge on any atom is 0.221 e. The Kier molecular flexibility index (Phi) is 6.35. The van der Waals surface area contributed by atoms with E-state index in [2.05, 4.69) is 53.1 Å². The number of hydrogen-bond donors (Lipinski definition) is 1. The predicted molar refractivity (Wildman–Crippen MR) is 96.7 cm³/mol. The zero-order chi connectivity index (χ0) is 16.7. The summed E-state index contributed by atoms with van der Waals surface area (Å²) in [5, 5.41) is 4.34. The summed E-state index contributed by atoms with van der Waals surface area (Å²) >= 11 is 0. The summed E-state index contributed by atoms with van der Waals surface area (Å²) in [6, 6.07) is 8.52. The number of aromatic nitrogens is 2. The second-order valence-electron chi connectivity index (χ2n) is 5.85. The van der Waals surface area contributed by atoms with E-state index in [4.69, 9.17) is 5.73 Å². The van der Waals surface area contributed by atoms with E-state index in [-0.39, 0.29) is 0 Å². The first-order chi connectivity index (χ1) is 11.1. The Hall–Kier alpha value is -2.14. The summed E-state index contributed by atoms with van der Waals surface area (Å²) in [6.07, 6.45) is 6.00. The van der Waals surface area contributed by atoms with Crippen molar-refractivity contribution in [2.24, 2.45) is 5.10 Å². The second-order valence-corrected chi connectivity index (χ2v) is 5.85. The van der Waals surface area contributed by atoms with Crippen LogP contribution >= 0.6 is 0 Å². The molecule has 1 heterocycles. The quantitative estimate of drug-likeness (QED) is 0.761. The Morgan fingerprint density at radius 1 is 1.17 bits per heavy atom. The van der Waals surface area contributed by atoms with Gasteiger partial charge in [-0.25, -0.2) is 9.66 Å². The van der Waals surface area contributed by atoms with Gasteiger partial charge in [0.2, 0.25) is 5.95 Å². The Morgan fingerprint density at radius 3 is 2.35 bits per heavy atom. The van der Waals surface area contributed by atoms with Crippen LogP contribution in [0.2, 0.25) is 0 Å². The molecule has 5 heteroatoms. The van der Waals surface area contributed by atoms with Gasteiger partial charge in [-0.2, -0.15) is 5.10 Å². The van der Waals surface area contributed by atoms with Crippen LogP contribution in [-0.4, -0.2) is 33.9 Å². The van der Waals surface area contributed by atoms with Crippen LogP contribution in [0.15, 0.2) is 35.6 Å². The van der Waals surface area contributed by atoms with Crippen molar-refractivity contribution in [2.75, 3.05) is 18.8 Å². The van der Waals surface area contributed by atoms with Gasteiger partial charge in [-0.1, -0.05) is 38.1 Å². The SMILES string of the molecule is CCCN(CCC)Cc1ccc(C=Nn2cc(C)nc2N)cc1. The van der Waals surface area contributed by atoms with Crippen LogP contribution in [0.3, 0.4) is 0 Å². The molecule has 0 radical (unpaired) electrons. The topological polar surface area (TPSA) is 59.4 Å². The van der Waals surface area contributed by atoms with Gasteiger partial charge in [-0.05, 0) is 44.0 Å². The summed E-state index contributed by atoms with van der Waals surface area (Å²) < 4.78 is 1.59. The molecule has 5 nitrogen and oxygen atoms in total. The molecular formula is C18H27N5. The fourth-order valence-electron chi connectivity index (χ4n) is 2.59. The monoisotopic (exact) mass is 313 g/mol. The molecule has 0 amide bonds.